The number of nitrogens with one attached hydrogen (secondary N) is 1. The second kappa shape index (κ2) is 6.21. The molecule has 2 aromatic rings. The molecule has 0 spiro atoms. The maximum atomic E-state index is 10.8. The molecule has 4 heteroatoms. The summed E-state index contributed by atoms with van der Waals surface area (Å²) >= 11 is 1.67. The van der Waals surface area contributed by atoms with Crippen LogP contribution in [-0.2, 0) is 5.75 Å². The van der Waals surface area contributed by atoms with Crippen molar-refractivity contribution in [2.75, 3.05) is 7.11 Å². The van der Waals surface area contributed by atoms with Crippen molar-refractivity contribution in [3.8, 4) is 5.75 Å². The van der Waals surface area contributed by atoms with Crippen molar-refractivity contribution in [1.29, 1.82) is 0 Å². The second-order valence-corrected chi connectivity index (χ2v) is 4.72. The third kappa shape index (κ3) is 3.11. The fourth-order valence-electron chi connectivity index (χ4n) is 1.61. The van der Waals surface area contributed by atoms with Crippen molar-refractivity contribution in [2.45, 2.75) is 10.8 Å². The summed E-state index contributed by atoms with van der Waals surface area (Å²) in [5.41, 5.74) is 1.69. The minimum Gasteiger partial charge on any atom is -0.496 e. The molecule has 0 aliphatic rings. The summed E-state index contributed by atoms with van der Waals surface area (Å²) in [6, 6.07) is 11.4. The Bertz CT molecular complexity index is 529. The first-order valence-electron chi connectivity index (χ1n) is 5.55. The molecule has 0 unspecified atom stereocenters. The molecule has 0 atom stereocenters. The van der Waals surface area contributed by atoms with Crippen molar-refractivity contribution in [3.63, 3.8) is 0 Å². The maximum absolute atomic E-state index is 10.8. The standard InChI is InChI=1S/C14H13NO2S/c1-17-13-6-5-11(9-16)8-12(13)10-18-14-4-2-3-7-15-14/h2-9H,10H2,1H3/p+1. The Kier molecular flexibility index (Phi) is 4.36. The molecule has 0 radical (unpaired) electrons. The van der Waals surface area contributed by atoms with E-state index in [2.05, 4.69) is 4.98 Å². The number of rotatable bonds is 5. The van der Waals surface area contributed by atoms with E-state index in [0.717, 1.165) is 28.4 Å². The number of aromatic amines is 1. The van der Waals surface area contributed by atoms with Gasteiger partial charge in [-0.2, -0.15) is 0 Å². The number of carbonyl (C=O) groups excluding carboxylic acids is 1. The molecule has 1 heterocycles. The Hall–Kier alpha value is -1.81. The highest BCUT2D eigenvalue weighted by Crippen LogP contribution is 2.26. The molecule has 0 amide bonds. The summed E-state index contributed by atoms with van der Waals surface area (Å²) in [6.45, 7) is 0. The second-order valence-electron chi connectivity index (χ2n) is 3.70. The van der Waals surface area contributed by atoms with Gasteiger partial charge in [-0.25, -0.2) is 4.98 Å². The fourth-order valence-corrected chi connectivity index (χ4v) is 2.47. The summed E-state index contributed by atoms with van der Waals surface area (Å²) in [7, 11) is 1.64. The minimum atomic E-state index is 0.670. The maximum Gasteiger partial charge on any atom is 0.238 e. The van der Waals surface area contributed by atoms with E-state index in [-0.39, 0.29) is 0 Å². The van der Waals surface area contributed by atoms with E-state index >= 15 is 0 Å². The van der Waals surface area contributed by atoms with Crippen LogP contribution in [0, 0.1) is 0 Å². The molecule has 0 aliphatic carbocycles. The number of benzene rings is 1. The number of aldehydes is 1. The molecule has 0 saturated carbocycles. The lowest BCUT2D eigenvalue weighted by Crippen LogP contribution is -2.03. The van der Waals surface area contributed by atoms with Crippen LogP contribution in [0.25, 0.3) is 0 Å². The van der Waals surface area contributed by atoms with Gasteiger partial charge in [-0.1, -0.05) is 11.8 Å². The summed E-state index contributed by atoms with van der Waals surface area (Å²) < 4.78 is 5.29. The molecule has 18 heavy (non-hydrogen) atoms. The summed E-state index contributed by atoms with van der Waals surface area (Å²) in [5.74, 6) is 1.56. The van der Waals surface area contributed by atoms with Gasteiger partial charge in [-0.15, -0.1) is 0 Å². The van der Waals surface area contributed by atoms with Crippen molar-refractivity contribution in [3.05, 3.63) is 53.7 Å². The lowest BCUT2D eigenvalue weighted by atomic mass is 10.1. The Morgan fingerprint density at radius 2 is 2.22 bits per heavy atom. The first-order chi connectivity index (χ1) is 8.83. The van der Waals surface area contributed by atoms with Crippen LogP contribution in [0.4, 0.5) is 0 Å². The molecule has 0 fully saturated rings. The summed E-state index contributed by atoms with van der Waals surface area (Å²) in [5, 5.41) is 1.08. The topological polar surface area (TPSA) is 40.4 Å². The van der Waals surface area contributed by atoms with Gasteiger partial charge in [0, 0.05) is 29.0 Å². The average molecular weight is 260 g/mol. The van der Waals surface area contributed by atoms with Gasteiger partial charge < -0.3 is 4.74 Å². The van der Waals surface area contributed by atoms with Crippen molar-refractivity contribution < 1.29 is 14.5 Å². The SMILES string of the molecule is COc1ccc(C=O)cc1CSc1cccc[nH+]1. The van der Waals surface area contributed by atoms with E-state index < -0.39 is 0 Å². The number of ether oxygens (including phenoxy) is 1. The normalized spacial score (nSPS) is 10.1. The quantitative estimate of drug-likeness (QED) is 0.613. The molecule has 0 bridgehead atoms. The zero-order valence-corrected chi connectivity index (χ0v) is 10.9. The average Bonchev–Trinajstić information content (AvgIpc) is 2.45. The highest BCUT2D eigenvalue weighted by atomic mass is 32.2. The van der Waals surface area contributed by atoms with Crippen molar-refractivity contribution in [2.24, 2.45) is 0 Å². The predicted molar refractivity (Wildman–Crippen MR) is 70.9 cm³/mol. The van der Waals surface area contributed by atoms with E-state index in [0.29, 0.717) is 5.56 Å². The van der Waals surface area contributed by atoms with E-state index in [4.69, 9.17) is 4.74 Å². The minimum absolute atomic E-state index is 0.670. The lowest BCUT2D eigenvalue weighted by molar-refractivity contribution is -0.426. The van der Waals surface area contributed by atoms with Gasteiger partial charge in [-0.05, 0) is 24.3 Å². The summed E-state index contributed by atoms with van der Waals surface area (Å²) in [4.78, 5) is 13.9. The molecule has 1 N–H and O–H groups in total. The Morgan fingerprint density at radius 1 is 1.33 bits per heavy atom. The van der Waals surface area contributed by atoms with Crippen LogP contribution >= 0.6 is 11.8 Å². The molecule has 92 valence electrons. The van der Waals surface area contributed by atoms with Gasteiger partial charge in [-0.3, -0.25) is 4.79 Å². The largest absolute Gasteiger partial charge is 0.496 e. The van der Waals surface area contributed by atoms with E-state index in [1.165, 1.54) is 0 Å². The highest BCUT2D eigenvalue weighted by molar-refractivity contribution is 7.98. The van der Waals surface area contributed by atoms with Gasteiger partial charge in [0.2, 0.25) is 5.03 Å². The predicted octanol–water partition coefficient (Wildman–Crippen LogP) is 2.61. The number of hydrogen-bond acceptors (Lipinski definition) is 3. The molecule has 0 aliphatic heterocycles. The van der Waals surface area contributed by atoms with E-state index in [1.54, 1.807) is 24.9 Å². The number of thioether (sulfide) groups is 1. The first-order valence-corrected chi connectivity index (χ1v) is 6.53. The van der Waals surface area contributed by atoms with Crippen LogP contribution in [0.1, 0.15) is 15.9 Å². The molecular formula is C14H14NO2S+. The highest BCUT2D eigenvalue weighted by Gasteiger charge is 2.07. The molecular weight excluding hydrogens is 246 g/mol. The van der Waals surface area contributed by atoms with Gasteiger partial charge in [0.25, 0.3) is 0 Å². The van der Waals surface area contributed by atoms with Crippen LogP contribution < -0.4 is 9.72 Å². The Balaban J connectivity index is 2.15. The zero-order valence-electron chi connectivity index (χ0n) is 10.1. The molecule has 3 nitrogen and oxygen atoms in total. The molecule has 2 rings (SSSR count). The fraction of sp³-hybridized carbons (Fsp3) is 0.143. The van der Waals surface area contributed by atoms with Crippen LogP contribution in [0.5, 0.6) is 5.75 Å². The monoisotopic (exact) mass is 260 g/mol. The summed E-state index contributed by atoms with van der Waals surface area (Å²) in [6.07, 6.45) is 2.74. The number of hydrogen-bond donors (Lipinski definition) is 0. The molecule has 1 aromatic carbocycles. The van der Waals surface area contributed by atoms with E-state index in [9.17, 15) is 4.79 Å². The number of pyridine rings is 1. The molecule has 0 saturated heterocycles. The molecule has 1 aromatic heterocycles. The number of carbonyl (C=O) groups is 1. The van der Waals surface area contributed by atoms with Crippen LogP contribution in [-0.4, -0.2) is 13.4 Å². The number of aromatic nitrogens is 1. The third-order valence-corrected chi connectivity index (χ3v) is 3.52. The number of H-pyrrole nitrogens is 1. The van der Waals surface area contributed by atoms with Gasteiger partial charge >= 0.3 is 0 Å². The van der Waals surface area contributed by atoms with Gasteiger partial charge in [0.1, 0.15) is 12.0 Å². The smallest absolute Gasteiger partial charge is 0.238 e. The van der Waals surface area contributed by atoms with E-state index in [1.807, 2.05) is 36.5 Å². The van der Waals surface area contributed by atoms with Crippen LogP contribution in [0.2, 0.25) is 0 Å². The van der Waals surface area contributed by atoms with Crippen LogP contribution in [0.3, 0.4) is 0 Å². The number of methoxy groups -OCH3 is 1. The zero-order chi connectivity index (χ0) is 12.8. The van der Waals surface area contributed by atoms with Gasteiger partial charge in [0.05, 0.1) is 7.11 Å². The van der Waals surface area contributed by atoms with Crippen LogP contribution in [0.15, 0.2) is 47.6 Å². The Labute approximate surface area is 110 Å². The van der Waals surface area contributed by atoms with Crippen molar-refractivity contribution >= 4 is 18.0 Å². The third-order valence-electron chi connectivity index (χ3n) is 2.50. The first kappa shape index (κ1) is 12.6. The van der Waals surface area contributed by atoms with Crippen molar-refractivity contribution in [1.82, 2.24) is 0 Å². The Morgan fingerprint density at radius 3 is 2.89 bits per heavy atom. The lowest BCUT2D eigenvalue weighted by Gasteiger charge is -2.07. The van der Waals surface area contributed by atoms with Gasteiger partial charge in [0.15, 0.2) is 6.20 Å².